The second-order valence-corrected chi connectivity index (χ2v) is 10.5. The molecule has 0 aromatic heterocycles. The Bertz CT molecular complexity index is 799. The van der Waals surface area contributed by atoms with Crippen LogP contribution in [0, 0.1) is 28.6 Å². The molecular formula is C24H33FN2O2. The van der Waals surface area contributed by atoms with E-state index in [4.69, 9.17) is 4.84 Å². The van der Waals surface area contributed by atoms with Gasteiger partial charge in [0.25, 0.3) is 0 Å². The quantitative estimate of drug-likeness (QED) is 0.701. The zero-order valence-electron chi connectivity index (χ0n) is 17.7. The van der Waals surface area contributed by atoms with Gasteiger partial charge in [0.1, 0.15) is 6.10 Å². The van der Waals surface area contributed by atoms with Crippen LogP contribution >= 0.6 is 0 Å². The Morgan fingerprint density at radius 3 is 2.83 bits per heavy atom. The summed E-state index contributed by atoms with van der Waals surface area (Å²) in [5.74, 6) is 0.881. The van der Waals surface area contributed by atoms with Gasteiger partial charge in [-0.1, -0.05) is 31.2 Å². The zero-order valence-corrected chi connectivity index (χ0v) is 17.7. The van der Waals surface area contributed by atoms with E-state index in [1.165, 1.54) is 5.57 Å². The first kappa shape index (κ1) is 19.5. The number of rotatable bonds is 2. The van der Waals surface area contributed by atoms with Crippen LogP contribution in [-0.4, -0.2) is 36.9 Å². The van der Waals surface area contributed by atoms with E-state index in [0.29, 0.717) is 18.3 Å². The van der Waals surface area contributed by atoms with Crippen LogP contribution in [0.4, 0.5) is 4.39 Å². The number of allylic oxidation sites excluding steroid dienone is 3. The summed E-state index contributed by atoms with van der Waals surface area (Å²) in [4.78, 5) is 18.3. The number of ketones is 1. The Hall–Kier alpha value is -1.49. The van der Waals surface area contributed by atoms with Crippen molar-refractivity contribution in [3.05, 3.63) is 23.8 Å². The van der Waals surface area contributed by atoms with E-state index in [2.05, 4.69) is 30.1 Å². The summed E-state index contributed by atoms with van der Waals surface area (Å²) in [6, 6.07) is 0. The number of hydrogen-bond acceptors (Lipinski definition) is 4. The molecular weight excluding hydrogens is 367 g/mol. The summed E-state index contributed by atoms with van der Waals surface area (Å²) in [5, 5.41) is 7.78. The van der Waals surface area contributed by atoms with Gasteiger partial charge in [-0.3, -0.25) is 4.79 Å². The standard InChI is InChI=1S/C24H33FN2O2/c1-14-10-17-18(5-8-24(3)20(17)12-21(25)22(24)28)23(2)7-4-15(11-19(14)23)27-29-16-6-9-26-13-16/h11,16-18,20-21,26H,1,4-10,12-13H2,2-3H3/t16?,17?,18?,20?,21?,23-,24+/m1/s1. The Labute approximate surface area is 173 Å². The summed E-state index contributed by atoms with van der Waals surface area (Å²) in [6.07, 6.45) is 7.20. The molecule has 0 radical (unpaired) electrons. The van der Waals surface area contributed by atoms with E-state index in [1.54, 1.807) is 0 Å². The third-order valence-corrected chi connectivity index (χ3v) is 8.98. The fourth-order valence-electron chi connectivity index (χ4n) is 7.26. The van der Waals surface area contributed by atoms with Crippen molar-refractivity contribution in [2.24, 2.45) is 33.7 Å². The lowest BCUT2D eigenvalue weighted by Crippen LogP contribution is -2.51. The molecule has 29 heavy (non-hydrogen) atoms. The molecule has 1 aliphatic heterocycles. The van der Waals surface area contributed by atoms with Crippen LogP contribution in [0.5, 0.6) is 0 Å². The summed E-state index contributed by atoms with van der Waals surface area (Å²) in [5.41, 5.74) is 3.07. The van der Waals surface area contributed by atoms with Crippen molar-refractivity contribution in [2.45, 2.75) is 71.1 Å². The van der Waals surface area contributed by atoms with Crippen LogP contribution < -0.4 is 5.32 Å². The molecule has 1 heterocycles. The topological polar surface area (TPSA) is 50.7 Å². The predicted octanol–water partition coefficient (Wildman–Crippen LogP) is 4.37. The Morgan fingerprint density at radius 2 is 2.07 bits per heavy atom. The number of carbonyl (C=O) groups excluding carboxylic acids is 1. The minimum Gasteiger partial charge on any atom is -0.391 e. The van der Waals surface area contributed by atoms with Gasteiger partial charge in [0.05, 0.1) is 5.71 Å². The van der Waals surface area contributed by atoms with Crippen LogP contribution in [0.1, 0.15) is 58.8 Å². The number of nitrogens with zero attached hydrogens (tertiary/aromatic N) is 1. The van der Waals surface area contributed by atoms with Crippen molar-refractivity contribution >= 4 is 11.5 Å². The Kier molecular flexibility index (Phi) is 4.54. The van der Waals surface area contributed by atoms with Crippen molar-refractivity contribution in [2.75, 3.05) is 13.1 Å². The van der Waals surface area contributed by atoms with Crippen LogP contribution in [0.25, 0.3) is 0 Å². The first-order chi connectivity index (χ1) is 13.8. The fraction of sp³-hybridized carbons (Fsp3) is 0.750. The molecule has 5 rings (SSSR count). The highest BCUT2D eigenvalue weighted by Crippen LogP contribution is 2.65. The first-order valence-electron chi connectivity index (χ1n) is 11.3. The van der Waals surface area contributed by atoms with Crippen LogP contribution in [-0.2, 0) is 9.63 Å². The second-order valence-electron chi connectivity index (χ2n) is 10.5. The number of nitrogens with one attached hydrogen (secondary N) is 1. The van der Waals surface area contributed by atoms with Crippen molar-refractivity contribution in [3.8, 4) is 0 Å². The molecule has 0 aromatic carbocycles. The van der Waals surface area contributed by atoms with E-state index in [1.807, 2.05) is 6.92 Å². The lowest BCUT2D eigenvalue weighted by atomic mass is 9.47. The van der Waals surface area contributed by atoms with E-state index in [9.17, 15) is 9.18 Å². The maximum absolute atomic E-state index is 14.4. The normalized spacial score (nSPS) is 48.2. The van der Waals surface area contributed by atoms with Gasteiger partial charge < -0.3 is 10.2 Å². The third-order valence-electron chi connectivity index (χ3n) is 8.98. The number of hydrogen-bond donors (Lipinski definition) is 1. The molecule has 0 bridgehead atoms. The number of fused-ring (bicyclic) bond motifs is 5. The van der Waals surface area contributed by atoms with Gasteiger partial charge in [0.2, 0.25) is 0 Å². The summed E-state index contributed by atoms with van der Waals surface area (Å²) < 4.78 is 14.4. The van der Waals surface area contributed by atoms with Crippen molar-refractivity contribution in [1.82, 2.24) is 5.32 Å². The highest BCUT2D eigenvalue weighted by molar-refractivity contribution is 5.97. The van der Waals surface area contributed by atoms with E-state index in [0.717, 1.165) is 62.9 Å². The minimum absolute atomic E-state index is 0.0483. The van der Waals surface area contributed by atoms with Crippen LogP contribution in [0.3, 0.4) is 0 Å². The lowest BCUT2D eigenvalue weighted by Gasteiger charge is -2.57. The largest absolute Gasteiger partial charge is 0.391 e. The molecule has 0 aromatic rings. The first-order valence-corrected chi connectivity index (χ1v) is 11.3. The lowest BCUT2D eigenvalue weighted by molar-refractivity contribution is -0.134. The number of alkyl halides is 1. The Morgan fingerprint density at radius 1 is 1.24 bits per heavy atom. The molecule has 1 N–H and O–H groups in total. The molecule has 4 aliphatic carbocycles. The second kappa shape index (κ2) is 6.76. The van der Waals surface area contributed by atoms with E-state index < -0.39 is 11.6 Å². The molecule has 1 saturated heterocycles. The molecule has 0 amide bonds. The monoisotopic (exact) mass is 400 g/mol. The van der Waals surface area contributed by atoms with Gasteiger partial charge in [-0.2, -0.15) is 0 Å². The number of halogens is 1. The summed E-state index contributed by atoms with van der Waals surface area (Å²) >= 11 is 0. The van der Waals surface area contributed by atoms with Gasteiger partial charge in [-0.15, -0.1) is 0 Å². The maximum Gasteiger partial charge on any atom is 0.173 e. The molecule has 7 atom stereocenters. The van der Waals surface area contributed by atoms with Gasteiger partial charge in [0, 0.05) is 18.4 Å². The van der Waals surface area contributed by atoms with Crippen molar-refractivity contribution in [3.63, 3.8) is 0 Å². The van der Waals surface area contributed by atoms with Gasteiger partial charge >= 0.3 is 0 Å². The van der Waals surface area contributed by atoms with Gasteiger partial charge in [-0.25, -0.2) is 4.39 Å². The average molecular weight is 401 g/mol. The van der Waals surface area contributed by atoms with Crippen LogP contribution in [0.15, 0.2) is 29.0 Å². The molecule has 5 heteroatoms. The smallest absolute Gasteiger partial charge is 0.173 e. The van der Waals surface area contributed by atoms with Crippen molar-refractivity contribution < 1.29 is 14.0 Å². The third kappa shape index (κ3) is 2.87. The highest BCUT2D eigenvalue weighted by Gasteiger charge is 2.62. The maximum atomic E-state index is 14.4. The number of Topliss-reactive ketones (excluding diaryl/α,β-unsaturated/α-hetero) is 1. The van der Waals surface area contributed by atoms with E-state index >= 15 is 0 Å². The molecule has 5 aliphatic rings. The highest BCUT2D eigenvalue weighted by atomic mass is 19.1. The summed E-state index contributed by atoms with van der Waals surface area (Å²) in [6.45, 7) is 10.7. The number of carbonyl (C=O) groups is 1. The molecule has 4 fully saturated rings. The molecule has 3 saturated carbocycles. The summed E-state index contributed by atoms with van der Waals surface area (Å²) in [7, 11) is 0. The predicted molar refractivity (Wildman–Crippen MR) is 111 cm³/mol. The zero-order chi connectivity index (χ0) is 20.4. The van der Waals surface area contributed by atoms with Gasteiger partial charge in [0.15, 0.2) is 12.0 Å². The van der Waals surface area contributed by atoms with E-state index in [-0.39, 0.29) is 23.2 Å². The van der Waals surface area contributed by atoms with Crippen molar-refractivity contribution in [1.29, 1.82) is 0 Å². The SMILES string of the molecule is C=C1CC2C(CC[C@]3(C)C(=O)C(F)CC23)[C@@]2(C)CCC(=NOC3CCNC3)C=C12. The minimum atomic E-state index is -1.27. The molecule has 5 unspecified atom stereocenters. The Balaban J connectivity index is 1.41. The fourth-order valence-corrected chi connectivity index (χ4v) is 7.26. The molecule has 4 nitrogen and oxygen atoms in total. The molecule has 0 spiro atoms. The average Bonchev–Trinajstić information content (AvgIpc) is 3.29. The van der Waals surface area contributed by atoms with Gasteiger partial charge in [-0.05, 0) is 79.9 Å². The molecule has 158 valence electrons. The number of oxime groups is 1. The van der Waals surface area contributed by atoms with Crippen LogP contribution in [0.2, 0.25) is 0 Å².